The van der Waals surface area contributed by atoms with Crippen molar-refractivity contribution in [3.63, 3.8) is 0 Å². The van der Waals surface area contributed by atoms with Crippen molar-refractivity contribution in [3.05, 3.63) is 0 Å². The molecule has 0 aromatic carbocycles. The van der Waals surface area contributed by atoms with Gasteiger partial charge in [0.1, 0.15) is 0 Å². The maximum atomic E-state index is 10.7. The fourth-order valence-corrected chi connectivity index (χ4v) is 0. The number of hydrogen-bond donors (Lipinski definition) is 0. The minimum Gasteiger partial charge on any atom is 1.00 e. The van der Waals surface area contributed by atoms with Gasteiger partial charge in [-0.2, -0.15) is 13.2 Å². The predicted octanol–water partition coefficient (Wildman–Crippen LogP) is -3.59. The zero-order valence-corrected chi connectivity index (χ0v) is 7.08. The largest absolute Gasteiger partial charge is 1.00 e. The summed E-state index contributed by atoms with van der Waals surface area (Å²) >= 11 is 0. The van der Waals surface area contributed by atoms with Gasteiger partial charge in [0, 0.05) is 0 Å². The molecule has 9 heteroatoms. The fraction of sp³-hybridized carbons (Fsp3) is 1.00. The molecule has 0 unspecified atom stereocenters. The van der Waals surface area contributed by atoms with Crippen LogP contribution in [-0.2, 0) is 10.1 Å². The molecule has 0 saturated carbocycles. The van der Waals surface area contributed by atoms with Crippen LogP contribution in [0.2, 0.25) is 0 Å². The third-order valence-corrected chi connectivity index (χ3v) is 0.850. The van der Waals surface area contributed by atoms with E-state index in [1.54, 1.807) is 0 Å². The van der Waals surface area contributed by atoms with Crippen molar-refractivity contribution in [1.82, 2.24) is 0 Å². The minimum atomic E-state index is -6.09. The molecule has 10 heavy (non-hydrogen) atoms. The van der Waals surface area contributed by atoms with Gasteiger partial charge in [0.05, 0.1) is 0 Å². The van der Waals surface area contributed by atoms with E-state index >= 15 is 0 Å². The Morgan fingerprint density at radius 1 is 1.20 bits per heavy atom. The van der Waals surface area contributed by atoms with Crippen LogP contribution in [0.4, 0.5) is 13.2 Å². The topological polar surface area (TPSA) is 57.2 Å². The van der Waals surface area contributed by atoms with Gasteiger partial charge in [-0.05, 0) is 0 Å². The summed E-state index contributed by atoms with van der Waals surface area (Å²) in [5.74, 6) is 0. The minimum absolute atomic E-state index is 0. The molecular weight excluding hydrogens is 211 g/mol. The van der Waals surface area contributed by atoms with Crippen LogP contribution in [0.25, 0.3) is 0 Å². The van der Waals surface area contributed by atoms with Crippen molar-refractivity contribution < 1.29 is 55.7 Å². The molecule has 0 aromatic rings. The van der Waals surface area contributed by atoms with E-state index in [1.807, 2.05) is 0 Å². The Hall–Kier alpha value is 2.34. The van der Waals surface area contributed by atoms with E-state index < -0.39 is 15.6 Å². The molecule has 0 saturated heterocycles. The standard InChI is InChI=1S/CHF3O3S.K.Na.H/c2-1(3,4)8(5,6)7;;;/h(H,5,6,7);;;/q;;+1;/p-1. The first-order valence-corrected chi connectivity index (χ1v) is 2.68. The molecular formula is CHF3KNaO3S. The van der Waals surface area contributed by atoms with E-state index in [4.69, 9.17) is 13.0 Å². The van der Waals surface area contributed by atoms with Crippen LogP contribution in [0, 0.1) is 0 Å². The monoisotopic (exact) mass is 212 g/mol. The molecule has 3 nitrogen and oxygen atoms in total. The Balaban J connectivity index is -0.000000245. The van der Waals surface area contributed by atoms with Gasteiger partial charge in [-0.15, -0.1) is 0 Å². The Morgan fingerprint density at radius 2 is 1.30 bits per heavy atom. The van der Waals surface area contributed by atoms with Gasteiger partial charge in [-0.25, -0.2) is 8.42 Å². The molecule has 0 N–H and O–H groups in total. The number of rotatable bonds is 0. The number of halogens is 3. The molecule has 0 bridgehead atoms. The molecule has 0 aliphatic heterocycles. The zero-order valence-electron chi connectivity index (χ0n) is 4.27. The van der Waals surface area contributed by atoms with Gasteiger partial charge in [0.2, 0.25) is 0 Å². The van der Waals surface area contributed by atoms with Crippen molar-refractivity contribution >= 4 is 61.5 Å². The Morgan fingerprint density at radius 3 is 1.30 bits per heavy atom. The average Bonchev–Trinajstić information content (AvgIpc) is 1.25. The first kappa shape index (κ1) is 18.2. The molecule has 0 aromatic heterocycles. The fourth-order valence-electron chi connectivity index (χ4n) is 0. The van der Waals surface area contributed by atoms with Gasteiger partial charge in [-0.3, -0.25) is 0 Å². The van der Waals surface area contributed by atoms with Gasteiger partial charge >= 0.3 is 86.5 Å². The Kier molecular flexibility index (Phi) is 10.7. The zero-order chi connectivity index (χ0) is 7.00. The predicted molar refractivity (Wildman–Crippen MR) is 22.9 cm³/mol. The molecule has 52 valence electrons. The van der Waals surface area contributed by atoms with E-state index in [-0.39, 0.29) is 80.9 Å². The van der Waals surface area contributed by atoms with Crippen molar-refractivity contribution in [3.8, 4) is 0 Å². The molecule has 0 spiro atoms. The molecule has 0 rings (SSSR count). The van der Waals surface area contributed by atoms with Gasteiger partial charge in [-0.1, -0.05) is 0 Å². The van der Waals surface area contributed by atoms with E-state index in [0.717, 1.165) is 0 Å². The van der Waals surface area contributed by atoms with Crippen LogP contribution >= 0.6 is 0 Å². The Labute approximate surface area is 120 Å². The molecule has 0 aliphatic rings. The first-order chi connectivity index (χ1) is 3.25. The average molecular weight is 212 g/mol. The van der Waals surface area contributed by atoms with Crippen molar-refractivity contribution in [2.24, 2.45) is 0 Å². The SMILES string of the molecule is O=S(=O)([O-])C(F)(F)F.[KH].[Na+]. The second kappa shape index (κ2) is 5.89. The van der Waals surface area contributed by atoms with Crippen molar-refractivity contribution in [2.75, 3.05) is 0 Å². The molecule has 0 atom stereocenters. The number of alkyl halides is 3. The van der Waals surface area contributed by atoms with E-state index in [1.165, 1.54) is 0 Å². The quantitative estimate of drug-likeness (QED) is 0.237. The first-order valence-electron chi connectivity index (χ1n) is 1.27. The van der Waals surface area contributed by atoms with Crippen molar-refractivity contribution in [1.29, 1.82) is 0 Å². The molecule has 0 fully saturated rings. The third kappa shape index (κ3) is 7.01. The van der Waals surface area contributed by atoms with E-state index in [2.05, 4.69) is 0 Å². The second-order valence-corrected chi connectivity index (χ2v) is 2.27. The number of hydrogen-bond acceptors (Lipinski definition) is 3. The second-order valence-electron chi connectivity index (χ2n) is 0.900. The summed E-state index contributed by atoms with van der Waals surface area (Å²) in [7, 11) is -6.09. The summed E-state index contributed by atoms with van der Waals surface area (Å²) in [6.45, 7) is 0. The van der Waals surface area contributed by atoms with Crippen LogP contribution in [-0.4, -0.2) is 69.9 Å². The summed E-state index contributed by atoms with van der Waals surface area (Å²) in [4.78, 5) is 0. The van der Waals surface area contributed by atoms with Gasteiger partial charge in [0.25, 0.3) is 0 Å². The summed E-state index contributed by atoms with van der Waals surface area (Å²) in [6.07, 6.45) is 0. The van der Waals surface area contributed by atoms with Crippen LogP contribution in [0.15, 0.2) is 0 Å². The van der Waals surface area contributed by atoms with E-state index in [9.17, 15) is 13.2 Å². The maximum Gasteiger partial charge on any atom is 1.00 e. The smallest absolute Gasteiger partial charge is 1.00 e. The maximum absolute atomic E-state index is 10.7. The molecule has 0 radical (unpaired) electrons. The van der Waals surface area contributed by atoms with Crippen LogP contribution in [0.3, 0.4) is 0 Å². The normalized spacial score (nSPS) is 11.2. The molecule has 0 amide bonds. The van der Waals surface area contributed by atoms with Gasteiger partial charge < -0.3 is 4.55 Å². The summed E-state index contributed by atoms with van der Waals surface area (Å²) in [5, 5.41) is 0. The van der Waals surface area contributed by atoms with Crippen LogP contribution < -0.4 is 29.6 Å². The third-order valence-electron chi connectivity index (χ3n) is 0.283. The van der Waals surface area contributed by atoms with Crippen LogP contribution in [0.1, 0.15) is 0 Å². The summed E-state index contributed by atoms with van der Waals surface area (Å²) < 4.78 is 58.9. The summed E-state index contributed by atoms with van der Waals surface area (Å²) in [5.41, 5.74) is -5.65. The van der Waals surface area contributed by atoms with Crippen molar-refractivity contribution in [2.45, 2.75) is 5.51 Å². The molecule has 0 aliphatic carbocycles. The van der Waals surface area contributed by atoms with Gasteiger partial charge in [0.15, 0.2) is 10.1 Å². The van der Waals surface area contributed by atoms with Crippen LogP contribution in [0.5, 0.6) is 0 Å². The molecule has 0 heterocycles. The Bertz CT molecular complexity index is 173. The summed E-state index contributed by atoms with van der Waals surface area (Å²) in [6, 6.07) is 0. The van der Waals surface area contributed by atoms with E-state index in [0.29, 0.717) is 0 Å².